The monoisotopic (exact) mass is 247 g/mol. The Bertz CT molecular complexity index is 570. The fraction of sp³-hybridized carbons (Fsp3) is 0.571. The van der Waals surface area contributed by atoms with E-state index in [1.54, 1.807) is 7.11 Å². The first-order valence-electron chi connectivity index (χ1n) is 6.39. The Kier molecular flexibility index (Phi) is 3.28. The first-order valence-corrected chi connectivity index (χ1v) is 6.39. The molecule has 0 amide bonds. The van der Waals surface area contributed by atoms with Crippen LogP contribution in [0, 0.1) is 6.92 Å². The van der Waals surface area contributed by atoms with E-state index in [4.69, 9.17) is 4.74 Å². The molecule has 4 nitrogen and oxygen atoms in total. The van der Waals surface area contributed by atoms with E-state index in [1.165, 1.54) is 0 Å². The van der Waals surface area contributed by atoms with Crippen LogP contribution in [0.2, 0.25) is 0 Å². The smallest absolute Gasteiger partial charge is 0.169 e. The Morgan fingerprint density at radius 3 is 2.33 bits per heavy atom. The summed E-state index contributed by atoms with van der Waals surface area (Å²) in [5.74, 6) is 1.58. The van der Waals surface area contributed by atoms with Gasteiger partial charge in [0.05, 0.1) is 24.7 Å². The molecule has 2 aromatic rings. The Balaban J connectivity index is 2.76. The van der Waals surface area contributed by atoms with E-state index in [-0.39, 0.29) is 0 Å². The summed E-state index contributed by atoms with van der Waals surface area (Å²) in [5, 5.41) is 4.64. The van der Waals surface area contributed by atoms with Gasteiger partial charge in [0.2, 0.25) is 0 Å². The predicted molar refractivity (Wildman–Crippen MR) is 72.5 cm³/mol. The highest BCUT2D eigenvalue weighted by atomic mass is 16.5. The summed E-state index contributed by atoms with van der Waals surface area (Å²) in [5.41, 5.74) is 3.99. The van der Waals surface area contributed by atoms with Gasteiger partial charge in [-0.2, -0.15) is 5.10 Å². The van der Waals surface area contributed by atoms with Crippen LogP contribution < -0.4 is 4.74 Å². The maximum atomic E-state index is 5.52. The Hall–Kier alpha value is -1.58. The number of ether oxygens (including phenoxy) is 1. The number of hydrogen-bond donors (Lipinski definition) is 0. The lowest BCUT2D eigenvalue weighted by atomic mass is 10.1. The van der Waals surface area contributed by atoms with Crippen molar-refractivity contribution in [3.8, 4) is 5.75 Å². The van der Waals surface area contributed by atoms with E-state index in [0.29, 0.717) is 11.8 Å². The lowest BCUT2D eigenvalue weighted by molar-refractivity contribution is 0.411. The topological polar surface area (TPSA) is 39.4 Å². The second kappa shape index (κ2) is 4.59. The molecule has 0 fully saturated rings. The molecule has 0 aliphatic heterocycles. The molecule has 4 heteroatoms. The van der Waals surface area contributed by atoms with E-state index in [2.05, 4.69) is 37.8 Å². The van der Waals surface area contributed by atoms with Gasteiger partial charge in [-0.1, -0.05) is 27.7 Å². The highest BCUT2D eigenvalue weighted by molar-refractivity contribution is 5.65. The number of aryl methyl sites for hydroxylation is 1. The quantitative estimate of drug-likeness (QED) is 0.835. The van der Waals surface area contributed by atoms with Gasteiger partial charge in [-0.3, -0.25) is 4.98 Å². The zero-order valence-electron chi connectivity index (χ0n) is 12.0. The van der Waals surface area contributed by atoms with E-state index < -0.39 is 0 Å². The second-order valence-corrected chi connectivity index (χ2v) is 5.27. The number of rotatable bonds is 3. The molecule has 0 N–H and O–H groups in total. The van der Waals surface area contributed by atoms with Crippen LogP contribution in [0.5, 0.6) is 5.75 Å². The third-order valence-electron chi connectivity index (χ3n) is 3.13. The summed E-state index contributed by atoms with van der Waals surface area (Å²) < 4.78 is 7.43. The SMILES string of the molecule is COc1c(C(C)C)nn2cc(C(C)C)nc(C)c12. The van der Waals surface area contributed by atoms with Crippen molar-refractivity contribution >= 4 is 5.52 Å². The van der Waals surface area contributed by atoms with E-state index in [1.807, 2.05) is 17.6 Å². The third-order valence-corrected chi connectivity index (χ3v) is 3.13. The standard InChI is InChI=1S/C14H21N3O/c1-8(2)11-7-17-13(10(5)15-11)14(18-6)12(16-17)9(3)4/h7-9H,1-6H3. The van der Waals surface area contributed by atoms with Gasteiger partial charge >= 0.3 is 0 Å². The van der Waals surface area contributed by atoms with Crippen molar-refractivity contribution in [3.05, 3.63) is 23.3 Å². The molecule has 2 aromatic heterocycles. The highest BCUT2D eigenvalue weighted by Crippen LogP contribution is 2.32. The number of aromatic nitrogens is 3. The van der Waals surface area contributed by atoms with Gasteiger partial charge in [0.25, 0.3) is 0 Å². The average molecular weight is 247 g/mol. The van der Waals surface area contributed by atoms with Crippen LogP contribution in [0.1, 0.15) is 56.6 Å². The molecule has 2 rings (SSSR count). The van der Waals surface area contributed by atoms with Crippen LogP contribution in [0.3, 0.4) is 0 Å². The molecule has 0 spiro atoms. The Labute approximate surface area is 108 Å². The van der Waals surface area contributed by atoms with Gasteiger partial charge in [0.1, 0.15) is 11.2 Å². The minimum absolute atomic E-state index is 0.335. The van der Waals surface area contributed by atoms with Gasteiger partial charge in [-0.25, -0.2) is 4.52 Å². The van der Waals surface area contributed by atoms with Gasteiger partial charge in [-0.15, -0.1) is 0 Å². The van der Waals surface area contributed by atoms with Gasteiger partial charge in [-0.05, 0) is 12.8 Å². The largest absolute Gasteiger partial charge is 0.492 e. The minimum atomic E-state index is 0.335. The summed E-state index contributed by atoms with van der Waals surface area (Å²) in [6, 6.07) is 0. The third kappa shape index (κ3) is 1.96. The second-order valence-electron chi connectivity index (χ2n) is 5.27. The fourth-order valence-electron chi connectivity index (χ4n) is 2.12. The molecule has 0 aliphatic rings. The number of nitrogens with zero attached hydrogens (tertiary/aromatic N) is 3. The first-order chi connectivity index (χ1) is 8.45. The van der Waals surface area contributed by atoms with Crippen LogP contribution in [0.4, 0.5) is 0 Å². The molecule has 2 heterocycles. The highest BCUT2D eigenvalue weighted by Gasteiger charge is 2.19. The normalized spacial score (nSPS) is 11.8. The lowest BCUT2D eigenvalue weighted by Gasteiger charge is -2.08. The van der Waals surface area contributed by atoms with Crippen molar-refractivity contribution in [2.45, 2.75) is 46.5 Å². The minimum Gasteiger partial charge on any atom is -0.492 e. The van der Waals surface area contributed by atoms with E-state index >= 15 is 0 Å². The van der Waals surface area contributed by atoms with Crippen LogP contribution in [-0.2, 0) is 0 Å². The lowest BCUT2D eigenvalue weighted by Crippen LogP contribution is -2.01. The van der Waals surface area contributed by atoms with Crippen molar-refractivity contribution in [2.75, 3.05) is 7.11 Å². The number of methoxy groups -OCH3 is 1. The molecule has 0 saturated carbocycles. The molecule has 98 valence electrons. The molecule has 0 radical (unpaired) electrons. The van der Waals surface area contributed by atoms with Crippen LogP contribution in [-0.4, -0.2) is 21.7 Å². The first kappa shape index (κ1) is 12.9. The van der Waals surface area contributed by atoms with Gasteiger partial charge < -0.3 is 4.74 Å². The Morgan fingerprint density at radius 2 is 1.83 bits per heavy atom. The summed E-state index contributed by atoms with van der Waals surface area (Å²) in [6.07, 6.45) is 2.00. The molecule has 18 heavy (non-hydrogen) atoms. The molecular weight excluding hydrogens is 226 g/mol. The summed E-state index contributed by atoms with van der Waals surface area (Å²) in [4.78, 5) is 4.64. The summed E-state index contributed by atoms with van der Waals surface area (Å²) >= 11 is 0. The zero-order chi connectivity index (χ0) is 13.4. The molecule has 0 aromatic carbocycles. The van der Waals surface area contributed by atoms with Gasteiger partial charge in [0.15, 0.2) is 5.75 Å². The van der Waals surface area contributed by atoms with E-state index in [9.17, 15) is 0 Å². The Morgan fingerprint density at radius 1 is 1.17 bits per heavy atom. The predicted octanol–water partition coefficient (Wildman–Crippen LogP) is 3.29. The molecule has 0 saturated heterocycles. The van der Waals surface area contributed by atoms with Crippen molar-refractivity contribution in [3.63, 3.8) is 0 Å². The van der Waals surface area contributed by atoms with Gasteiger partial charge in [0, 0.05) is 5.92 Å². The van der Waals surface area contributed by atoms with Crippen LogP contribution in [0.25, 0.3) is 5.52 Å². The van der Waals surface area contributed by atoms with Crippen LogP contribution >= 0.6 is 0 Å². The molecule has 0 atom stereocenters. The van der Waals surface area contributed by atoms with Crippen molar-refractivity contribution in [1.82, 2.24) is 14.6 Å². The fourth-order valence-corrected chi connectivity index (χ4v) is 2.12. The van der Waals surface area contributed by atoms with E-state index in [0.717, 1.165) is 28.3 Å². The molecule has 0 unspecified atom stereocenters. The van der Waals surface area contributed by atoms with Crippen molar-refractivity contribution < 1.29 is 4.74 Å². The maximum Gasteiger partial charge on any atom is 0.169 e. The van der Waals surface area contributed by atoms with Crippen LogP contribution in [0.15, 0.2) is 6.20 Å². The molecule has 0 bridgehead atoms. The zero-order valence-corrected chi connectivity index (χ0v) is 12.0. The van der Waals surface area contributed by atoms with Crippen molar-refractivity contribution in [1.29, 1.82) is 0 Å². The van der Waals surface area contributed by atoms with Crippen molar-refractivity contribution in [2.24, 2.45) is 0 Å². The number of fused-ring (bicyclic) bond motifs is 1. The molecule has 0 aliphatic carbocycles. The summed E-state index contributed by atoms with van der Waals surface area (Å²) in [7, 11) is 1.69. The maximum absolute atomic E-state index is 5.52. The molecular formula is C14H21N3O. The number of hydrogen-bond acceptors (Lipinski definition) is 3. The summed E-state index contributed by atoms with van der Waals surface area (Å²) in [6.45, 7) is 10.5. The average Bonchev–Trinajstić information content (AvgIpc) is 2.67.